The Morgan fingerprint density at radius 3 is 2.66 bits per heavy atom. The monoisotopic (exact) mass is 444 g/mol. The average molecular weight is 445 g/mol. The zero-order chi connectivity index (χ0) is 19.6. The smallest absolute Gasteiger partial charge is 0.266 e. The van der Waals surface area contributed by atoms with Gasteiger partial charge in [0.1, 0.15) is 0 Å². The third-order valence-corrected chi connectivity index (χ3v) is 6.62. The van der Waals surface area contributed by atoms with Gasteiger partial charge in [-0.25, -0.2) is 0 Å². The van der Waals surface area contributed by atoms with Crippen molar-refractivity contribution in [2.45, 2.75) is 17.2 Å². The molecular weight excluding hydrogens is 428 g/mol. The van der Waals surface area contributed by atoms with Gasteiger partial charge in [0.25, 0.3) is 5.91 Å². The molecule has 0 fully saturated rings. The van der Waals surface area contributed by atoms with E-state index in [4.69, 9.17) is 4.74 Å². The zero-order valence-electron chi connectivity index (χ0n) is 15.4. The molecule has 0 saturated carbocycles. The molecule has 1 amide bonds. The fourth-order valence-electron chi connectivity index (χ4n) is 4.72. The number of hydrogen-bond donors (Lipinski definition) is 1. The van der Waals surface area contributed by atoms with Crippen molar-refractivity contribution in [2.24, 2.45) is 0 Å². The van der Waals surface area contributed by atoms with E-state index in [1.807, 2.05) is 48.5 Å². The number of nitrogens with one attached hydrogen (secondary N) is 1. The summed E-state index contributed by atoms with van der Waals surface area (Å²) in [4.78, 5) is 15.5. The molecule has 3 aliphatic rings. The molecule has 0 aliphatic carbocycles. The minimum absolute atomic E-state index is 0.140. The zero-order valence-corrected chi connectivity index (χ0v) is 17.0. The van der Waals surface area contributed by atoms with Crippen LogP contribution in [0.25, 0.3) is 6.08 Å². The minimum atomic E-state index is -1.17. The van der Waals surface area contributed by atoms with Crippen molar-refractivity contribution < 1.29 is 9.53 Å². The van der Waals surface area contributed by atoms with Gasteiger partial charge < -0.3 is 15.0 Å². The molecule has 0 bridgehead atoms. The van der Waals surface area contributed by atoms with Crippen LogP contribution in [-0.4, -0.2) is 5.91 Å². The summed E-state index contributed by atoms with van der Waals surface area (Å²) in [5.74, 6) is -0.140. The second-order valence-corrected chi connectivity index (χ2v) is 8.01. The van der Waals surface area contributed by atoms with Crippen molar-refractivity contribution >= 4 is 39.3 Å². The lowest BCUT2D eigenvalue weighted by Gasteiger charge is -2.46. The molecular formula is C24H17BrN2O2. The Balaban J connectivity index is 1.64. The van der Waals surface area contributed by atoms with Crippen molar-refractivity contribution in [1.29, 1.82) is 0 Å². The Hall–Kier alpha value is -2.89. The van der Waals surface area contributed by atoms with Gasteiger partial charge in [0.2, 0.25) is 5.60 Å². The van der Waals surface area contributed by atoms with Crippen molar-refractivity contribution in [3.05, 3.63) is 101 Å². The van der Waals surface area contributed by atoms with Crippen LogP contribution in [0.2, 0.25) is 0 Å². The van der Waals surface area contributed by atoms with Crippen molar-refractivity contribution in [3.63, 3.8) is 0 Å². The third kappa shape index (κ3) is 2.14. The Morgan fingerprint density at radius 1 is 1.00 bits per heavy atom. The van der Waals surface area contributed by atoms with E-state index in [2.05, 4.69) is 56.6 Å². The highest BCUT2D eigenvalue weighted by atomic mass is 79.9. The van der Waals surface area contributed by atoms with Crippen LogP contribution < -0.4 is 10.2 Å². The molecule has 0 aromatic heterocycles. The summed E-state index contributed by atoms with van der Waals surface area (Å²) in [5, 5.41) is 3.80. The lowest BCUT2D eigenvalue weighted by atomic mass is 9.83. The van der Waals surface area contributed by atoms with E-state index in [9.17, 15) is 4.79 Å². The van der Waals surface area contributed by atoms with Gasteiger partial charge in [-0.3, -0.25) is 4.79 Å². The Kier molecular flexibility index (Phi) is 3.55. The lowest BCUT2D eigenvalue weighted by Crippen LogP contribution is -2.48. The molecule has 6 rings (SSSR count). The number of alkyl halides is 1. The molecule has 3 aliphatic heterocycles. The highest BCUT2D eigenvalue weighted by Gasteiger charge is 2.56. The number of fused-ring (bicyclic) bond motifs is 8. The van der Waals surface area contributed by atoms with Crippen LogP contribution in [0, 0.1) is 0 Å². The number of rotatable bonds is 1. The fraction of sp³-hybridized carbons (Fsp3) is 0.125. The molecule has 2 atom stereocenters. The molecule has 1 spiro atoms. The quantitative estimate of drug-likeness (QED) is 0.517. The lowest BCUT2D eigenvalue weighted by molar-refractivity contribution is -0.145. The molecule has 142 valence electrons. The molecule has 3 aromatic rings. The van der Waals surface area contributed by atoms with Crippen molar-refractivity contribution in [1.82, 2.24) is 0 Å². The highest BCUT2D eigenvalue weighted by Crippen LogP contribution is 2.55. The number of amides is 1. The minimum Gasteiger partial charge on any atom is -0.328 e. The molecule has 4 nitrogen and oxygen atoms in total. The maximum atomic E-state index is 13.4. The van der Waals surface area contributed by atoms with E-state index >= 15 is 0 Å². The summed E-state index contributed by atoms with van der Waals surface area (Å²) in [5.41, 5.74) is 5.77. The summed E-state index contributed by atoms with van der Waals surface area (Å²) >= 11 is 3.59. The van der Waals surface area contributed by atoms with E-state index in [-0.39, 0.29) is 12.1 Å². The first-order chi connectivity index (χ1) is 14.2. The molecule has 0 saturated heterocycles. The van der Waals surface area contributed by atoms with Crippen LogP contribution in [0.15, 0.2) is 72.9 Å². The summed E-state index contributed by atoms with van der Waals surface area (Å²) in [7, 11) is 0. The van der Waals surface area contributed by atoms with Gasteiger partial charge in [-0.2, -0.15) is 0 Å². The van der Waals surface area contributed by atoms with Crippen LogP contribution in [0.5, 0.6) is 0 Å². The van der Waals surface area contributed by atoms with Gasteiger partial charge in [0, 0.05) is 33.9 Å². The summed E-state index contributed by atoms with van der Waals surface area (Å²) < 4.78 is 6.78. The first kappa shape index (κ1) is 17.0. The Bertz CT molecular complexity index is 1200. The Morgan fingerprint density at radius 2 is 1.79 bits per heavy atom. The maximum Gasteiger partial charge on any atom is 0.266 e. The van der Waals surface area contributed by atoms with Crippen LogP contribution in [0.1, 0.15) is 34.0 Å². The normalized spacial score (nSPS) is 23.3. The largest absolute Gasteiger partial charge is 0.328 e. The first-order valence-electron chi connectivity index (χ1n) is 9.56. The second kappa shape index (κ2) is 6.05. The van der Waals surface area contributed by atoms with Crippen molar-refractivity contribution in [2.75, 3.05) is 10.2 Å². The predicted molar refractivity (Wildman–Crippen MR) is 117 cm³/mol. The third-order valence-electron chi connectivity index (χ3n) is 6.02. The van der Waals surface area contributed by atoms with E-state index in [0.29, 0.717) is 0 Å². The van der Waals surface area contributed by atoms with Crippen molar-refractivity contribution in [3.8, 4) is 0 Å². The number of anilines is 2. The van der Waals surface area contributed by atoms with E-state index < -0.39 is 5.60 Å². The molecule has 0 radical (unpaired) electrons. The number of nitrogens with zero attached hydrogens (tertiary/aromatic N) is 1. The van der Waals surface area contributed by atoms with Gasteiger partial charge in [0.05, 0.1) is 5.69 Å². The first-order valence-corrected chi connectivity index (χ1v) is 10.7. The van der Waals surface area contributed by atoms with Crippen LogP contribution in [-0.2, 0) is 20.5 Å². The van der Waals surface area contributed by atoms with Gasteiger partial charge in [-0.1, -0.05) is 70.5 Å². The Labute approximate surface area is 176 Å². The van der Waals surface area contributed by atoms with Gasteiger partial charge in [-0.05, 0) is 29.3 Å². The summed E-state index contributed by atoms with van der Waals surface area (Å²) in [6.45, 7) is 0. The number of hydrogen-bond acceptors (Lipinski definition) is 3. The van der Waals surface area contributed by atoms with Gasteiger partial charge in [0.15, 0.2) is 6.23 Å². The number of para-hydroxylation sites is 2. The van der Waals surface area contributed by atoms with Gasteiger partial charge >= 0.3 is 0 Å². The van der Waals surface area contributed by atoms with E-state index in [1.54, 1.807) is 0 Å². The van der Waals surface area contributed by atoms with Crippen LogP contribution in [0.4, 0.5) is 11.4 Å². The van der Waals surface area contributed by atoms with Crippen LogP contribution in [0.3, 0.4) is 0 Å². The van der Waals surface area contributed by atoms with E-state index in [1.165, 1.54) is 5.56 Å². The molecule has 29 heavy (non-hydrogen) atoms. The number of benzene rings is 3. The topological polar surface area (TPSA) is 41.6 Å². The van der Waals surface area contributed by atoms with E-state index in [0.717, 1.165) is 39.0 Å². The standard InChI is InChI=1S/C24H17BrN2O2/c25-14-15-6-5-7-17-16(15)12-13-27-21-11-4-2-9-19(21)24(29-22(17)27)18-8-1-3-10-20(18)26-23(24)28/h1-13,22H,14H2,(H,26,28). The summed E-state index contributed by atoms with van der Waals surface area (Å²) in [6, 6.07) is 22.1. The number of halogens is 1. The number of carbonyl (C=O) groups is 1. The highest BCUT2D eigenvalue weighted by molar-refractivity contribution is 9.08. The molecule has 3 heterocycles. The van der Waals surface area contributed by atoms with Crippen LogP contribution >= 0.6 is 15.9 Å². The molecule has 2 unspecified atom stereocenters. The number of ether oxygens (including phenoxy) is 1. The SMILES string of the molecule is O=C1Nc2ccccc2C12OC1c3cccc(CBr)c3C=CN1c1ccccc12. The predicted octanol–water partition coefficient (Wildman–Crippen LogP) is 5.30. The summed E-state index contributed by atoms with van der Waals surface area (Å²) in [6.07, 6.45) is 3.80. The molecule has 5 heteroatoms. The average Bonchev–Trinajstić information content (AvgIpc) is 3.05. The fourth-order valence-corrected chi connectivity index (χ4v) is 5.21. The van der Waals surface area contributed by atoms with Gasteiger partial charge in [-0.15, -0.1) is 0 Å². The molecule has 1 N–H and O–H groups in total. The number of carbonyl (C=O) groups excluding carboxylic acids is 1. The second-order valence-electron chi connectivity index (χ2n) is 7.44. The molecule has 3 aromatic carbocycles. The maximum absolute atomic E-state index is 13.4.